The van der Waals surface area contributed by atoms with E-state index in [4.69, 9.17) is 10.5 Å². The van der Waals surface area contributed by atoms with Crippen molar-refractivity contribution in [2.45, 2.75) is 135 Å². The Labute approximate surface area is 180 Å². The molecule has 0 fully saturated rings. The van der Waals surface area contributed by atoms with Crippen LogP contribution in [0.2, 0.25) is 0 Å². The van der Waals surface area contributed by atoms with E-state index in [2.05, 4.69) is 6.92 Å². The normalized spacial score (nSPS) is 12.1. The van der Waals surface area contributed by atoms with E-state index in [1.165, 1.54) is 103 Å². The summed E-state index contributed by atoms with van der Waals surface area (Å²) < 4.78 is 4.89. The number of hydrogen-bond donors (Lipinski definition) is 1. The molecule has 0 aliphatic rings. The number of carbonyl (C=O) groups is 2. The molecule has 4 heteroatoms. The van der Waals surface area contributed by atoms with Gasteiger partial charge >= 0.3 is 5.97 Å². The molecule has 1 atom stereocenters. The second kappa shape index (κ2) is 21.6. The van der Waals surface area contributed by atoms with E-state index < -0.39 is 0 Å². The number of rotatable bonds is 22. The molecule has 0 aromatic carbocycles. The van der Waals surface area contributed by atoms with Crippen LogP contribution in [0, 0.1) is 5.92 Å². The lowest BCUT2D eigenvalue weighted by atomic mass is 9.95. The van der Waals surface area contributed by atoms with Gasteiger partial charge in [-0.2, -0.15) is 0 Å². The lowest BCUT2D eigenvalue weighted by molar-refractivity contribution is -0.146. The highest BCUT2D eigenvalue weighted by Gasteiger charge is 2.18. The number of ether oxygens (including phenoxy) is 1. The number of methoxy groups -OCH3 is 1. The van der Waals surface area contributed by atoms with Crippen molar-refractivity contribution in [2.75, 3.05) is 7.11 Å². The molecule has 0 aliphatic heterocycles. The maximum atomic E-state index is 11.8. The van der Waals surface area contributed by atoms with Crippen molar-refractivity contribution in [1.82, 2.24) is 0 Å². The van der Waals surface area contributed by atoms with Crippen molar-refractivity contribution in [2.24, 2.45) is 11.7 Å². The second-order valence-corrected chi connectivity index (χ2v) is 8.67. The molecule has 0 spiro atoms. The largest absolute Gasteiger partial charge is 0.469 e. The van der Waals surface area contributed by atoms with E-state index in [9.17, 15) is 9.59 Å². The zero-order valence-corrected chi connectivity index (χ0v) is 19.5. The summed E-state index contributed by atoms with van der Waals surface area (Å²) in [6.07, 6.45) is 24.2. The van der Waals surface area contributed by atoms with E-state index in [0.717, 1.165) is 12.8 Å². The minimum Gasteiger partial charge on any atom is -0.469 e. The quantitative estimate of drug-likeness (QED) is 0.153. The highest BCUT2D eigenvalue weighted by molar-refractivity contribution is 5.74. The maximum absolute atomic E-state index is 11.8. The predicted molar refractivity (Wildman–Crippen MR) is 123 cm³/mol. The van der Waals surface area contributed by atoms with Gasteiger partial charge in [0, 0.05) is 6.42 Å². The molecule has 0 bridgehead atoms. The Morgan fingerprint density at radius 3 is 1.41 bits per heavy atom. The van der Waals surface area contributed by atoms with Gasteiger partial charge in [0.2, 0.25) is 5.91 Å². The summed E-state index contributed by atoms with van der Waals surface area (Å²) in [4.78, 5) is 22.7. The van der Waals surface area contributed by atoms with Gasteiger partial charge in [-0.05, 0) is 19.3 Å². The topological polar surface area (TPSA) is 69.4 Å². The SMILES string of the molecule is CCCCCCCCCCCCCCCCCCC(CCCC(N)=O)C(=O)OC. The average molecular weight is 412 g/mol. The monoisotopic (exact) mass is 411 g/mol. The molecule has 0 radical (unpaired) electrons. The predicted octanol–water partition coefficient (Wildman–Crippen LogP) is 7.08. The molecule has 29 heavy (non-hydrogen) atoms. The van der Waals surface area contributed by atoms with Crippen LogP contribution in [-0.4, -0.2) is 19.0 Å². The van der Waals surface area contributed by atoms with Crippen molar-refractivity contribution in [3.63, 3.8) is 0 Å². The maximum Gasteiger partial charge on any atom is 0.308 e. The molecule has 172 valence electrons. The fourth-order valence-electron chi connectivity index (χ4n) is 4.01. The summed E-state index contributed by atoms with van der Waals surface area (Å²) in [6, 6.07) is 0. The van der Waals surface area contributed by atoms with Gasteiger partial charge in [0.1, 0.15) is 0 Å². The molecule has 0 rings (SSSR count). The fraction of sp³-hybridized carbons (Fsp3) is 0.920. The first-order chi connectivity index (χ1) is 14.1. The molecule has 4 nitrogen and oxygen atoms in total. The second-order valence-electron chi connectivity index (χ2n) is 8.67. The van der Waals surface area contributed by atoms with E-state index >= 15 is 0 Å². The van der Waals surface area contributed by atoms with Gasteiger partial charge in [-0.25, -0.2) is 0 Å². The Hall–Kier alpha value is -1.06. The van der Waals surface area contributed by atoms with Crippen molar-refractivity contribution >= 4 is 11.9 Å². The van der Waals surface area contributed by atoms with Crippen LogP contribution in [0.1, 0.15) is 135 Å². The van der Waals surface area contributed by atoms with E-state index in [0.29, 0.717) is 19.3 Å². The van der Waals surface area contributed by atoms with Crippen LogP contribution in [0.3, 0.4) is 0 Å². The highest BCUT2D eigenvalue weighted by atomic mass is 16.5. The first kappa shape index (κ1) is 27.9. The van der Waals surface area contributed by atoms with Crippen molar-refractivity contribution in [3.8, 4) is 0 Å². The Balaban J connectivity index is 3.43. The zero-order valence-electron chi connectivity index (χ0n) is 19.5. The number of nitrogens with two attached hydrogens (primary N) is 1. The summed E-state index contributed by atoms with van der Waals surface area (Å²) >= 11 is 0. The number of hydrogen-bond acceptors (Lipinski definition) is 3. The lowest BCUT2D eigenvalue weighted by Crippen LogP contribution is -2.17. The first-order valence-corrected chi connectivity index (χ1v) is 12.5. The standard InChI is InChI=1S/C25H49NO3/c1-3-4-5-6-7-8-9-10-11-12-13-14-15-16-17-18-20-23(25(28)29-2)21-19-22-24(26)27/h23H,3-22H2,1-2H3,(H2,26,27). The Morgan fingerprint density at radius 1 is 0.655 bits per heavy atom. The third-order valence-electron chi connectivity index (χ3n) is 5.92. The first-order valence-electron chi connectivity index (χ1n) is 12.5. The van der Waals surface area contributed by atoms with Crippen LogP contribution >= 0.6 is 0 Å². The van der Waals surface area contributed by atoms with Gasteiger partial charge in [0.05, 0.1) is 13.0 Å². The van der Waals surface area contributed by atoms with Crippen LogP contribution in [0.5, 0.6) is 0 Å². The van der Waals surface area contributed by atoms with E-state index in [1.807, 2.05) is 0 Å². The van der Waals surface area contributed by atoms with E-state index in [-0.39, 0.29) is 17.8 Å². The summed E-state index contributed by atoms with van der Waals surface area (Å²) in [5.41, 5.74) is 5.17. The number of esters is 1. The fourth-order valence-corrected chi connectivity index (χ4v) is 4.01. The summed E-state index contributed by atoms with van der Waals surface area (Å²) in [5, 5.41) is 0. The molecule has 0 aromatic heterocycles. The van der Waals surface area contributed by atoms with Crippen molar-refractivity contribution < 1.29 is 14.3 Å². The van der Waals surface area contributed by atoms with Crippen LogP contribution in [0.15, 0.2) is 0 Å². The third kappa shape index (κ3) is 20.0. The van der Waals surface area contributed by atoms with Gasteiger partial charge in [-0.3, -0.25) is 9.59 Å². The third-order valence-corrected chi connectivity index (χ3v) is 5.92. The van der Waals surface area contributed by atoms with Gasteiger partial charge in [0.25, 0.3) is 0 Å². The summed E-state index contributed by atoms with van der Waals surface area (Å²) in [6.45, 7) is 2.28. The zero-order chi connectivity index (χ0) is 21.6. The van der Waals surface area contributed by atoms with Crippen LogP contribution in [0.25, 0.3) is 0 Å². The van der Waals surface area contributed by atoms with Crippen LogP contribution < -0.4 is 5.73 Å². The van der Waals surface area contributed by atoms with Gasteiger partial charge in [0.15, 0.2) is 0 Å². The number of unbranched alkanes of at least 4 members (excludes halogenated alkanes) is 15. The number of carbonyl (C=O) groups excluding carboxylic acids is 2. The smallest absolute Gasteiger partial charge is 0.308 e. The molecular weight excluding hydrogens is 362 g/mol. The summed E-state index contributed by atoms with van der Waals surface area (Å²) in [5.74, 6) is -0.516. The Morgan fingerprint density at radius 2 is 1.03 bits per heavy atom. The minimum atomic E-state index is -0.295. The van der Waals surface area contributed by atoms with Gasteiger partial charge < -0.3 is 10.5 Å². The highest BCUT2D eigenvalue weighted by Crippen LogP contribution is 2.19. The van der Waals surface area contributed by atoms with Crippen LogP contribution in [-0.2, 0) is 14.3 Å². The summed E-state index contributed by atoms with van der Waals surface area (Å²) in [7, 11) is 1.44. The van der Waals surface area contributed by atoms with E-state index in [1.54, 1.807) is 0 Å². The molecule has 0 saturated carbocycles. The van der Waals surface area contributed by atoms with Crippen molar-refractivity contribution in [1.29, 1.82) is 0 Å². The Kier molecular flexibility index (Phi) is 20.9. The Bertz CT molecular complexity index is 384. The van der Waals surface area contributed by atoms with Crippen molar-refractivity contribution in [3.05, 3.63) is 0 Å². The molecule has 0 aromatic rings. The molecule has 1 amide bonds. The molecule has 0 saturated heterocycles. The molecule has 2 N–H and O–H groups in total. The van der Waals surface area contributed by atoms with Crippen LogP contribution in [0.4, 0.5) is 0 Å². The molecular formula is C25H49NO3. The van der Waals surface area contributed by atoms with Gasteiger partial charge in [-0.15, -0.1) is 0 Å². The lowest BCUT2D eigenvalue weighted by Gasteiger charge is -2.14. The average Bonchev–Trinajstić information content (AvgIpc) is 2.71. The van der Waals surface area contributed by atoms with Gasteiger partial charge in [-0.1, -0.05) is 110 Å². The molecule has 1 unspecified atom stereocenters. The minimum absolute atomic E-state index is 0.0778. The molecule has 0 heterocycles. The number of primary amides is 1. The molecule has 0 aliphatic carbocycles. The number of amides is 1.